The van der Waals surface area contributed by atoms with Gasteiger partial charge in [-0.2, -0.15) is 18.4 Å². The van der Waals surface area contributed by atoms with E-state index in [9.17, 15) is 13.2 Å². The Balaban J connectivity index is 3.53. The molecular formula is C9H15F3N2O. The predicted octanol–water partition coefficient (Wildman–Crippen LogP) is 1.70. The second-order valence-corrected chi connectivity index (χ2v) is 3.13. The van der Waals surface area contributed by atoms with Gasteiger partial charge in [0, 0.05) is 20.3 Å². The SMILES string of the molecule is COCCCCNCC(C#N)C(F)(F)F. The molecule has 0 rings (SSSR count). The molecule has 0 bridgehead atoms. The van der Waals surface area contributed by atoms with Crippen molar-refractivity contribution in [2.24, 2.45) is 5.92 Å². The van der Waals surface area contributed by atoms with Crippen LogP contribution in [0.4, 0.5) is 13.2 Å². The number of hydrogen-bond acceptors (Lipinski definition) is 3. The van der Waals surface area contributed by atoms with Crippen LogP contribution < -0.4 is 5.32 Å². The van der Waals surface area contributed by atoms with Crippen LogP contribution in [0.25, 0.3) is 0 Å². The number of ether oxygens (including phenoxy) is 1. The quantitative estimate of drug-likeness (QED) is 0.669. The van der Waals surface area contributed by atoms with Gasteiger partial charge < -0.3 is 10.1 Å². The Hall–Kier alpha value is -0.800. The summed E-state index contributed by atoms with van der Waals surface area (Å²) in [7, 11) is 1.57. The maximum Gasteiger partial charge on any atom is 0.405 e. The molecule has 0 aromatic carbocycles. The minimum atomic E-state index is -4.44. The third-order valence-corrected chi connectivity index (χ3v) is 1.85. The van der Waals surface area contributed by atoms with Crippen molar-refractivity contribution in [2.45, 2.75) is 19.0 Å². The molecule has 0 heterocycles. The van der Waals surface area contributed by atoms with Crippen LogP contribution >= 0.6 is 0 Å². The Morgan fingerprint density at radius 1 is 1.40 bits per heavy atom. The number of unbranched alkanes of at least 4 members (excludes halogenated alkanes) is 1. The first-order valence-corrected chi connectivity index (χ1v) is 4.68. The lowest BCUT2D eigenvalue weighted by atomic mass is 10.1. The fraction of sp³-hybridized carbons (Fsp3) is 0.889. The van der Waals surface area contributed by atoms with Crippen LogP contribution in [0.15, 0.2) is 0 Å². The van der Waals surface area contributed by atoms with E-state index >= 15 is 0 Å². The first-order valence-electron chi connectivity index (χ1n) is 4.68. The first-order chi connectivity index (χ1) is 7.02. The van der Waals surface area contributed by atoms with Crippen molar-refractivity contribution in [3.05, 3.63) is 0 Å². The molecule has 0 saturated carbocycles. The molecule has 6 heteroatoms. The van der Waals surface area contributed by atoms with E-state index in [0.717, 1.165) is 12.8 Å². The summed E-state index contributed by atoms with van der Waals surface area (Å²) in [5.74, 6) is -1.92. The molecule has 1 unspecified atom stereocenters. The maximum atomic E-state index is 12.1. The van der Waals surface area contributed by atoms with E-state index in [1.165, 1.54) is 6.07 Å². The highest BCUT2D eigenvalue weighted by Gasteiger charge is 2.39. The second kappa shape index (κ2) is 7.49. The van der Waals surface area contributed by atoms with Crippen LogP contribution in [0.5, 0.6) is 0 Å². The molecule has 3 nitrogen and oxygen atoms in total. The molecule has 0 aliphatic rings. The van der Waals surface area contributed by atoms with Gasteiger partial charge in [-0.15, -0.1) is 0 Å². The lowest BCUT2D eigenvalue weighted by molar-refractivity contribution is -0.157. The van der Waals surface area contributed by atoms with Crippen LogP contribution in [-0.4, -0.2) is 33.0 Å². The molecule has 0 amide bonds. The van der Waals surface area contributed by atoms with Gasteiger partial charge in [-0.1, -0.05) is 0 Å². The summed E-state index contributed by atoms with van der Waals surface area (Å²) in [4.78, 5) is 0. The smallest absolute Gasteiger partial charge is 0.385 e. The van der Waals surface area contributed by atoms with Gasteiger partial charge in [0.1, 0.15) is 0 Å². The lowest BCUT2D eigenvalue weighted by Crippen LogP contribution is -2.32. The van der Waals surface area contributed by atoms with Crippen molar-refractivity contribution >= 4 is 0 Å². The Kier molecular flexibility index (Phi) is 7.09. The number of methoxy groups -OCH3 is 1. The molecule has 88 valence electrons. The highest BCUT2D eigenvalue weighted by atomic mass is 19.4. The maximum absolute atomic E-state index is 12.1. The van der Waals surface area contributed by atoms with Gasteiger partial charge in [-0.3, -0.25) is 0 Å². The zero-order chi connectivity index (χ0) is 11.7. The highest BCUT2D eigenvalue weighted by Crippen LogP contribution is 2.24. The largest absolute Gasteiger partial charge is 0.405 e. The summed E-state index contributed by atoms with van der Waals surface area (Å²) in [6.07, 6.45) is -2.90. The molecule has 0 aliphatic carbocycles. The molecule has 1 N–H and O–H groups in total. The summed E-state index contributed by atoms with van der Waals surface area (Å²) in [6, 6.07) is 1.23. The average molecular weight is 224 g/mol. The van der Waals surface area contributed by atoms with Crippen molar-refractivity contribution in [1.29, 1.82) is 5.26 Å². The van der Waals surface area contributed by atoms with E-state index in [1.54, 1.807) is 7.11 Å². The van der Waals surface area contributed by atoms with Crippen LogP contribution in [-0.2, 0) is 4.74 Å². The van der Waals surface area contributed by atoms with E-state index < -0.39 is 12.1 Å². The number of alkyl halides is 3. The Labute approximate surface area is 87.2 Å². The zero-order valence-electron chi connectivity index (χ0n) is 8.60. The number of halogens is 3. The molecule has 1 atom stereocenters. The van der Waals surface area contributed by atoms with E-state index in [1.807, 2.05) is 0 Å². The number of nitriles is 1. The van der Waals surface area contributed by atoms with Gasteiger partial charge in [0.25, 0.3) is 0 Å². The van der Waals surface area contributed by atoms with Gasteiger partial charge in [-0.05, 0) is 19.4 Å². The van der Waals surface area contributed by atoms with Crippen LogP contribution in [0.2, 0.25) is 0 Å². The van der Waals surface area contributed by atoms with Gasteiger partial charge in [0.2, 0.25) is 0 Å². The van der Waals surface area contributed by atoms with Gasteiger partial charge >= 0.3 is 6.18 Å². The Morgan fingerprint density at radius 3 is 2.53 bits per heavy atom. The minimum Gasteiger partial charge on any atom is -0.385 e. The topological polar surface area (TPSA) is 45.0 Å². The minimum absolute atomic E-state index is 0.340. The number of hydrogen-bond donors (Lipinski definition) is 1. The number of nitrogens with one attached hydrogen (secondary N) is 1. The van der Waals surface area contributed by atoms with E-state index in [4.69, 9.17) is 10.00 Å². The summed E-state index contributed by atoms with van der Waals surface area (Å²) in [5, 5.41) is 10.9. The van der Waals surface area contributed by atoms with Crippen molar-refractivity contribution in [3.8, 4) is 6.07 Å². The normalized spacial score (nSPS) is 13.5. The van der Waals surface area contributed by atoms with E-state index in [-0.39, 0.29) is 6.54 Å². The molecular weight excluding hydrogens is 209 g/mol. The summed E-state index contributed by atoms with van der Waals surface area (Å²) in [5.41, 5.74) is 0. The van der Waals surface area contributed by atoms with E-state index in [2.05, 4.69) is 5.32 Å². The van der Waals surface area contributed by atoms with Gasteiger partial charge in [0.05, 0.1) is 6.07 Å². The van der Waals surface area contributed by atoms with Crippen molar-refractivity contribution in [1.82, 2.24) is 5.32 Å². The van der Waals surface area contributed by atoms with Crippen molar-refractivity contribution in [3.63, 3.8) is 0 Å². The summed E-state index contributed by atoms with van der Waals surface area (Å²) < 4.78 is 41.0. The third kappa shape index (κ3) is 7.17. The number of nitrogens with zero attached hydrogens (tertiary/aromatic N) is 1. The molecule has 0 spiro atoms. The molecule has 15 heavy (non-hydrogen) atoms. The molecule has 0 radical (unpaired) electrons. The van der Waals surface area contributed by atoms with Gasteiger partial charge in [-0.25, -0.2) is 0 Å². The first kappa shape index (κ1) is 14.2. The van der Waals surface area contributed by atoms with E-state index in [0.29, 0.717) is 13.2 Å². The molecule has 0 aromatic rings. The monoisotopic (exact) mass is 224 g/mol. The molecule has 0 aromatic heterocycles. The second-order valence-electron chi connectivity index (χ2n) is 3.13. The van der Waals surface area contributed by atoms with Gasteiger partial charge in [0.15, 0.2) is 5.92 Å². The lowest BCUT2D eigenvalue weighted by Gasteiger charge is -2.13. The predicted molar refractivity (Wildman–Crippen MR) is 49.1 cm³/mol. The van der Waals surface area contributed by atoms with Crippen LogP contribution in [0.1, 0.15) is 12.8 Å². The standard InChI is InChI=1S/C9H15F3N2O/c1-15-5-3-2-4-14-7-8(6-13)9(10,11)12/h8,14H,2-5,7H2,1H3. The highest BCUT2D eigenvalue weighted by molar-refractivity contribution is 4.89. The molecule has 0 aliphatic heterocycles. The molecule has 0 fully saturated rings. The zero-order valence-corrected chi connectivity index (χ0v) is 8.60. The fourth-order valence-electron chi connectivity index (χ4n) is 0.977. The Morgan fingerprint density at radius 2 is 2.07 bits per heavy atom. The summed E-state index contributed by atoms with van der Waals surface area (Å²) >= 11 is 0. The fourth-order valence-corrected chi connectivity index (χ4v) is 0.977. The summed E-state index contributed by atoms with van der Waals surface area (Å²) in [6.45, 7) is 0.729. The molecule has 0 saturated heterocycles. The van der Waals surface area contributed by atoms with Crippen LogP contribution in [0.3, 0.4) is 0 Å². The average Bonchev–Trinajstić information content (AvgIpc) is 2.15. The third-order valence-electron chi connectivity index (χ3n) is 1.85. The van der Waals surface area contributed by atoms with Crippen molar-refractivity contribution < 1.29 is 17.9 Å². The van der Waals surface area contributed by atoms with Crippen molar-refractivity contribution in [2.75, 3.05) is 26.8 Å². The van der Waals surface area contributed by atoms with Crippen LogP contribution in [0, 0.1) is 17.2 Å². The Bertz CT molecular complexity index is 201. The number of rotatable bonds is 7.